The van der Waals surface area contributed by atoms with Crippen LogP contribution in [0.25, 0.3) is 11.1 Å². The van der Waals surface area contributed by atoms with Crippen molar-refractivity contribution in [2.75, 3.05) is 18.4 Å². The minimum absolute atomic E-state index is 0.0433. The monoisotopic (exact) mass is 349 g/mol. The molecule has 1 aromatic heterocycles. The Morgan fingerprint density at radius 2 is 1.77 bits per heavy atom. The first-order valence-corrected chi connectivity index (χ1v) is 9.32. The van der Waals surface area contributed by atoms with E-state index in [0.29, 0.717) is 12.4 Å². The van der Waals surface area contributed by atoms with Crippen LogP contribution in [0.3, 0.4) is 0 Å². The molecule has 1 N–H and O–H groups in total. The van der Waals surface area contributed by atoms with Crippen molar-refractivity contribution in [2.45, 2.75) is 25.7 Å². The molecule has 0 spiro atoms. The van der Waals surface area contributed by atoms with E-state index in [-0.39, 0.29) is 23.7 Å². The molecule has 1 atom stereocenters. The minimum Gasteiger partial charge on any atom is -0.342 e. The maximum absolute atomic E-state index is 12.6. The lowest BCUT2D eigenvalue weighted by Gasteiger charge is -2.32. The predicted molar refractivity (Wildman–Crippen MR) is 100 cm³/mol. The standard InChI is InChI=1S/C21H23N3O2/c25-20(18-7-4-12-24(14-18)21(26)16-8-9-16)23-19-11-10-17(13-22-19)15-5-2-1-3-6-15/h1-3,5-6,10-11,13,16,18H,4,7-9,12,14H2,(H,22,23,25)/t18-/m0/s1. The number of rotatable bonds is 4. The maximum atomic E-state index is 12.6. The number of nitrogens with zero attached hydrogens (tertiary/aromatic N) is 2. The molecule has 1 saturated heterocycles. The lowest BCUT2D eigenvalue weighted by Crippen LogP contribution is -2.44. The average Bonchev–Trinajstić information content (AvgIpc) is 3.54. The van der Waals surface area contributed by atoms with Gasteiger partial charge in [-0.05, 0) is 43.4 Å². The Morgan fingerprint density at radius 1 is 0.962 bits per heavy atom. The van der Waals surface area contributed by atoms with Crippen molar-refractivity contribution in [2.24, 2.45) is 11.8 Å². The summed E-state index contributed by atoms with van der Waals surface area (Å²) in [6, 6.07) is 13.8. The predicted octanol–water partition coefficient (Wildman–Crippen LogP) is 3.34. The zero-order valence-electron chi connectivity index (χ0n) is 14.7. The number of carbonyl (C=O) groups is 2. The summed E-state index contributed by atoms with van der Waals surface area (Å²) in [6.07, 6.45) is 5.49. The van der Waals surface area contributed by atoms with E-state index in [2.05, 4.69) is 10.3 Å². The van der Waals surface area contributed by atoms with Gasteiger partial charge in [0.05, 0.1) is 5.92 Å². The van der Waals surface area contributed by atoms with Gasteiger partial charge in [0.25, 0.3) is 0 Å². The van der Waals surface area contributed by atoms with Crippen molar-refractivity contribution >= 4 is 17.6 Å². The molecule has 4 rings (SSSR count). The molecule has 0 unspecified atom stereocenters. The molecule has 1 aliphatic heterocycles. The number of pyridine rings is 1. The smallest absolute Gasteiger partial charge is 0.230 e. The van der Waals surface area contributed by atoms with E-state index in [9.17, 15) is 9.59 Å². The first kappa shape index (κ1) is 16.8. The van der Waals surface area contributed by atoms with Gasteiger partial charge in [0.2, 0.25) is 11.8 Å². The third-order valence-corrected chi connectivity index (χ3v) is 5.15. The lowest BCUT2D eigenvalue weighted by molar-refractivity contribution is -0.135. The molecule has 2 aromatic rings. The van der Waals surface area contributed by atoms with Gasteiger partial charge in [-0.3, -0.25) is 9.59 Å². The molecule has 1 saturated carbocycles. The number of likely N-dealkylation sites (tertiary alicyclic amines) is 1. The number of piperidine rings is 1. The quantitative estimate of drug-likeness (QED) is 0.921. The summed E-state index contributed by atoms with van der Waals surface area (Å²) in [7, 11) is 0. The summed E-state index contributed by atoms with van der Waals surface area (Å²) in [5.74, 6) is 0.803. The van der Waals surface area contributed by atoms with Crippen molar-refractivity contribution in [1.29, 1.82) is 0 Å². The van der Waals surface area contributed by atoms with Crippen LogP contribution in [-0.4, -0.2) is 34.8 Å². The van der Waals surface area contributed by atoms with Gasteiger partial charge < -0.3 is 10.2 Å². The summed E-state index contributed by atoms with van der Waals surface area (Å²) in [4.78, 5) is 31.1. The lowest BCUT2D eigenvalue weighted by atomic mass is 9.96. The van der Waals surface area contributed by atoms with E-state index in [1.807, 2.05) is 47.4 Å². The molecular formula is C21H23N3O2. The number of nitrogens with one attached hydrogen (secondary N) is 1. The van der Waals surface area contributed by atoms with Crippen LogP contribution in [-0.2, 0) is 9.59 Å². The largest absolute Gasteiger partial charge is 0.342 e. The van der Waals surface area contributed by atoms with Gasteiger partial charge in [-0.2, -0.15) is 0 Å². The second kappa shape index (κ2) is 7.28. The van der Waals surface area contributed by atoms with Crippen LogP contribution in [0.2, 0.25) is 0 Å². The first-order chi connectivity index (χ1) is 12.7. The van der Waals surface area contributed by atoms with E-state index in [1.165, 1.54) is 0 Å². The number of aromatic nitrogens is 1. The van der Waals surface area contributed by atoms with E-state index in [0.717, 1.165) is 43.4 Å². The Bertz CT molecular complexity index is 785. The number of hydrogen-bond donors (Lipinski definition) is 1. The Balaban J connectivity index is 1.37. The molecule has 2 fully saturated rings. The van der Waals surface area contributed by atoms with E-state index < -0.39 is 0 Å². The Hall–Kier alpha value is -2.69. The highest BCUT2D eigenvalue weighted by molar-refractivity contribution is 5.92. The van der Waals surface area contributed by atoms with Gasteiger partial charge in [0.15, 0.2) is 0 Å². The number of benzene rings is 1. The molecular weight excluding hydrogens is 326 g/mol. The van der Waals surface area contributed by atoms with Crippen molar-refractivity contribution in [3.8, 4) is 11.1 Å². The van der Waals surface area contributed by atoms with Gasteiger partial charge >= 0.3 is 0 Å². The maximum Gasteiger partial charge on any atom is 0.230 e. The summed E-state index contributed by atoms with van der Waals surface area (Å²) in [6.45, 7) is 1.31. The number of hydrogen-bond acceptors (Lipinski definition) is 3. The number of anilines is 1. The first-order valence-electron chi connectivity index (χ1n) is 9.32. The molecule has 134 valence electrons. The molecule has 26 heavy (non-hydrogen) atoms. The average molecular weight is 349 g/mol. The van der Waals surface area contributed by atoms with Gasteiger partial charge in [-0.15, -0.1) is 0 Å². The summed E-state index contributed by atoms with van der Waals surface area (Å²) in [5.41, 5.74) is 2.11. The van der Waals surface area contributed by atoms with Gasteiger partial charge in [-0.1, -0.05) is 30.3 Å². The van der Waals surface area contributed by atoms with Crippen LogP contribution in [0.1, 0.15) is 25.7 Å². The summed E-state index contributed by atoms with van der Waals surface area (Å²) in [5, 5.41) is 2.91. The molecule has 2 heterocycles. The number of carbonyl (C=O) groups excluding carboxylic acids is 2. The third kappa shape index (κ3) is 3.77. The van der Waals surface area contributed by atoms with Crippen molar-refractivity contribution in [3.05, 3.63) is 48.7 Å². The SMILES string of the molecule is O=C(Nc1ccc(-c2ccccc2)cn1)[C@H]1CCCN(C(=O)C2CC2)C1. The third-order valence-electron chi connectivity index (χ3n) is 5.15. The van der Waals surface area contributed by atoms with Crippen molar-refractivity contribution < 1.29 is 9.59 Å². The van der Waals surface area contributed by atoms with Crippen LogP contribution in [0, 0.1) is 11.8 Å². The second-order valence-corrected chi connectivity index (χ2v) is 7.19. The zero-order valence-corrected chi connectivity index (χ0v) is 14.7. The zero-order chi connectivity index (χ0) is 17.9. The normalized spacial score (nSPS) is 19.8. The molecule has 5 nitrogen and oxygen atoms in total. The van der Waals surface area contributed by atoms with Crippen LogP contribution in [0.15, 0.2) is 48.7 Å². The molecule has 1 aromatic carbocycles. The highest BCUT2D eigenvalue weighted by Gasteiger charge is 2.36. The Morgan fingerprint density at radius 3 is 2.46 bits per heavy atom. The van der Waals surface area contributed by atoms with Crippen LogP contribution >= 0.6 is 0 Å². The van der Waals surface area contributed by atoms with Crippen LogP contribution in [0.5, 0.6) is 0 Å². The van der Waals surface area contributed by atoms with E-state index >= 15 is 0 Å². The Kier molecular flexibility index (Phi) is 4.69. The van der Waals surface area contributed by atoms with Crippen LogP contribution < -0.4 is 5.32 Å². The molecule has 5 heteroatoms. The molecule has 0 bridgehead atoms. The molecule has 0 radical (unpaired) electrons. The topological polar surface area (TPSA) is 62.3 Å². The van der Waals surface area contributed by atoms with E-state index in [1.54, 1.807) is 6.20 Å². The van der Waals surface area contributed by atoms with Crippen molar-refractivity contribution in [3.63, 3.8) is 0 Å². The summed E-state index contributed by atoms with van der Waals surface area (Å²) < 4.78 is 0. The minimum atomic E-state index is -0.151. The molecule has 1 aliphatic carbocycles. The fraction of sp³-hybridized carbons (Fsp3) is 0.381. The van der Waals surface area contributed by atoms with Gasteiger partial charge in [0.1, 0.15) is 5.82 Å². The molecule has 2 amide bonds. The molecule has 2 aliphatic rings. The van der Waals surface area contributed by atoms with Crippen LogP contribution in [0.4, 0.5) is 5.82 Å². The van der Waals surface area contributed by atoms with E-state index in [4.69, 9.17) is 0 Å². The fourth-order valence-electron chi connectivity index (χ4n) is 3.48. The van der Waals surface area contributed by atoms with Crippen molar-refractivity contribution in [1.82, 2.24) is 9.88 Å². The Labute approximate surface area is 153 Å². The highest BCUT2D eigenvalue weighted by atomic mass is 16.2. The summed E-state index contributed by atoms with van der Waals surface area (Å²) >= 11 is 0. The number of amides is 2. The fourth-order valence-corrected chi connectivity index (χ4v) is 3.48. The second-order valence-electron chi connectivity index (χ2n) is 7.19. The van der Waals surface area contributed by atoms with Gasteiger partial charge in [-0.25, -0.2) is 4.98 Å². The highest BCUT2D eigenvalue weighted by Crippen LogP contribution is 2.32. The van der Waals surface area contributed by atoms with Gasteiger partial charge in [0, 0.05) is 30.8 Å².